The Kier molecular flexibility index (Phi) is 5.05. The van der Waals surface area contributed by atoms with Crippen molar-refractivity contribution in [2.75, 3.05) is 0 Å². The molecule has 1 aromatic carbocycles. The molecule has 6 nitrogen and oxygen atoms in total. The van der Waals surface area contributed by atoms with Crippen LogP contribution in [0.4, 0.5) is 0 Å². The van der Waals surface area contributed by atoms with E-state index in [-0.39, 0.29) is 17.9 Å². The minimum atomic E-state index is -0.100. The lowest BCUT2D eigenvalue weighted by molar-refractivity contribution is -0.121. The standard InChI is InChI=1S/C18H19N3O3/c22-16-9-8-14(21-16)11-17(23)20-12-13-5-4-10-19-18(13)24-15-6-2-1-3-7-15/h1-7,10,14H,8-9,11-12H2,(H,20,23)(H,21,22). The van der Waals surface area contributed by atoms with Crippen molar-refractivity contribution in [1.82, 2.24) is 15.6 Å². The maximum atomic E-state index is 12.0. The number of nitrogens with zero attached hydrogens (tertiary/aromatic N) is 1. The van der Waals surface area contributed by atoms with Gasteiger partial charge in [-0.05, 0) is 24.6 Å². The first-order chi connectivity index (χ1) is 11.7. The first-order valence-electron chi connectivity index (χ1n) is 7.93. The molecule has 1 unspecified atom stereocenters. The fraction of sp³-hybridized carbons (Fsp3) is 0.278. The van der Waals surface area contributed by atoms with Gasteiger partial charge in [-0.25, -0.2) is 4.98 Å². The summed E-state index contributed by atoms with van der Waals surface area (Å²) >= 11 is 0. The Morgan fingerprint density at radius 1 is 1.25 bits per heavy atom. The third kappa shape index (κ3) is 4.32. The Labute approximate surface area is 140 Å². The van der Waals surface area contributed by atoms with E-state index in [1.807, 2.05) is 36.4 Å². The Bertz CT molecular complexity index is 718. The van der Waals surface area contributed by atoms with Crippen LogP contribution in [0.1, 0.15) is 24.8 Å². The maximum Gasteiger partial charge on any atom is 0.224 e. The molecule has 2 N–H and O–H groups in total. The summed E-state index contributed by atoms with van der Waals surface area (Å²) in [7, 11) is 0. The molecule has 1 atom stereocenters. The number of para-hydroxylation sites is 1. The van der Waals surface area contributed by atoms with Crippen LogP contribution < -0.4 is 15.4 Å². The van der Waals surface area contributed by atoms with Crippen molar-refractivity contribution < 1.29 is 14.3 Å². The average molecular weight is 325 g/mol. The molecule has 1 saturated heterocycles. The molecular formula is C18H19N3O3. The number of pyridine rings is 1. The first kappa shape index (κ1) is 16.0. The monoisotopic (exact) mass is 325 g/mol. The zero-order valence-electron chi connectivity index (χ0n) is 13.2. The molecule has 24 heavy (non-hydrogen) atoms. The van der Waals surface area contributed by atoms with Crippen molar-refractivity contribution in [3.8, 4) is 11.6 Å². The van der Waals surface area contributed by atoms with Gasteiger partial charge in [0, 0.05) is 37.2 Å². The van der Waals surface area contributed by atoms with Gasteiger partial charge in [-0.2, -0.15) is 0 Å². The second kappa shape index (κ2) is 7.59. The van der Waals surface area contributed by atoms with E-state index in [2.05, 4.69) is 15.6 Å². The van der Waals surface area contributed by atoms with Gasteiger partial charge in [0.2, 0.25) is 17.7 Å². The van der Waals surface area contributed by atoms with Crippen LogP contribution in [0.2, 0.25) is 0 Å². The second-order valence-electron chi connectivity index (χ2n) is 5.67. The molecule has 0 aliphatic carbocycles. The number of aromatic nitrogens is 1. The average Bonchev–Trinajstić information content (AvgIpc) is 3.00. The van der Waals surface area contributed by atoms with Gasteiger partial charge in [0.25, 0.3) is 0 Å². The predicted molar refractivity (Wildman–Crippen MR) is 88.4 cm³/mol. The summed E-state index contributed by atoms with van der Waals surface area (Å²) in [6.45, 7) is 0.329. The molecule has 2 heterocycles. The largest absolute Gasteiger partial charge is 0.439 e. The van der Waals surface area contributed by atoms with E-state index in [1.165, 1.54) is 0 Å². The third-order valence-electron chi connectivity index (χ3n) is 3.80. The Morgan fingerprint density at radius 2 is 2.08 bits per heavy atom. The number of rotatable bonds is 6. The summed E-state index contributed by atoms with van der Waals surface area (Å²) in [6.07, 6.45) is 3.15. The number of carbonyl (C=O) groups excluding carboxylic acids is 2. The molecule has 2 aromatic rings. The Hall–Kier alpha value is -2.89. The van der Waals surface area contributed by atoms with E-state index in [4.69, 9.17) is 4.74 Å². The fourth-order valence-electron chi connectivity index (χ4n) is 2.57. The predicted octanol–water partition coefficient (Wildman–Crippen LogP) is 2.16. The van der Waals surface area contributed by atoms with Gasteiger partial charge >= 0.3 is 0 Å². The highest BCUT2D eigenvalue weighted by molar-refractivity contribution is 5.81. The fourth-order valence-corrected chi connectivity index (χ4v) is 2.57. The quantitative estimate of drug-likeness (QED) is 0.853. The highest BCUT2D eigenvalue weighted by Crippen LogP contribution is 2.22. The lowest BCUT2D eigenvalue weighted by Gasteiger charge is -2.12. The lowest BCUT2D eigenvalue weighted by atomic mass is 10.1. The molecular weight excluding hydrogens is 306 g/mol. The number of nitrogens with one attached hydrogen (secondary N) is 2. The topological polar surface area (TPSA) is 80.3 Å². The van der Waals surface area contributed by atoms with Crippen molar-refractivity contribution in [3.63, 3.8) is 0 Å². The van der Waals surface area contributed by atoms with E-state index in [9.17, 15) is 9.59 Å². The zero-order chi connectivity index (χ0) is 16.8. The Morgan fingerprint density at radius 3 is 2.83 bits per heavy atom. The zero-order valence-corrected chi connectivity index (χ0v) is 13.2. The number of ether oxygens (including phenoxy) is 1. The van der Waals surface area contributed by atoms with E-state index in [1.54, 1.807) is 12.3 Å². The molecule has 0 spiro atoms. The first-order valence-corrected chi connectivity index (χ1v) is 7.93. The van der Waals surface area contributed by atoms with Crippen LogP contribution in [0.3, 0.4) is 0 Å². The number of amides is 2. The molecule has 1 aromatic heterocycles. The molecule has 0 radical (unpaired) electrons. The number of benzene rings is 1. The van der Waals surface area contributed by atoms with Gasteiger partial charge in [-0.1, -0.05) is 24.3 Å². The van der Waals surface area contributed by atoms with Crippen molar-refractivity contribution in [3.05, 3.63) is 54.2 Å². The molecule has 0 bridgehead atoms. The van der Waals surface area contributed by atoms with Gasteiger partial charge < -0.3 is 15.4 Å². The molecule has 3 rings (SSSR count). The van der Waals surface area contributed by atoms with Gasteiger partial charge in [-0.15, -0.1) is 0 Å². The van der Waals surface area contributed by atoms with Crippen LogP contribution in [0.5, 0.6) is 11.6 Å². The second-order valence-corrected chi connectivity index (χ2v) is 5.67. The Balaban J connectivity index is 1.57. The maximum absolute atomic E-state index is 12.0. The molecule has 0 saturated carbocycles. The van der Waals surface area contributed by atoms with E-state index < -0.39 is 0 Å². The summed E-state index contributed by atoms with van der Waals surface area (Å²) in [6, 6.07) is 13.0. The molecule has 1 fully saturated rings. The van der Waals surface area contributed by atoms with Crippen LogP contribution in [0.15, 0.2) is 48.7 Å². The lowest BCUT2D eigenvalue weighted by Crippen LogP contribution is -2.33. The van der Waals surface area contributed by atoms with Crippen LogP contribution in [0.25, 0.3) is 0 Å². The minimum Gasteiger partial charge on any atom is -0.439 e. The van der Waals surface area contributed by atoms with Crippen molar-refractivity contribution in [2.45, 2.75) is 31.8 Å². The molecule has 1 aliphatic rings. The SMILES string of the molecule is O=C(CC1CCC(=O)N1)NCc1cccnc1Oc1ccccc1. The van der Waals surface area contributed by atoms with Gasteiger partial charge in [0.05, 0.1) is 0 Å². The van der Waals surface area contributed by atoms with Gasteiger partial charge in [-0.3, -0.25) is 9.59 Å². The normalized spacial score (nSPS) is 16.5. The minimum absolute atomic E-state index is 0.0126. The highest BCUT2D eigenvalue weighted by atomic mass is 16.5. The molecule has 2 amide bonds. The van der Waals surface area contributed by atoms with Crippen LogP contribution in [-0.4, -0.2) is 22.8 Å². The van der Waals surface area contributed by atoms with Gasteiger partial charge in [0.1, 0.15) is 5.75 Å². The third-order valence-corrected chi connectivity index (χ3v) is 3.80. The number of carbonyl (C=O) groups is 2. The molecule has 1 aliphatic heterocycles. The molecule has 6 heteroatoms. The van der Waals surface area contributed by atoms with Crippen LogP contribution in [-0.2, 0) is 16.1 Å². The van der Waals surface area contributed by atoms with E-state index >= 15 is 0 Å². The summed E-state index contributed by atoms with van der Waals surface area (Å²) in [5.41, 5.74) is 0.796. The van der Waals surface area contributed by atoms with E-state index in [0.717, 1.165) is 5.56 Å². The van der Waals surface area contributed by atoms with Crippen molar-refractivity contribution in [2.24, 2.45) is 0 Å². The van der Waals surface area contributed by atoms with E-state index in [0.29, 0.717) is 37.4 Å². The van der Waals surface area contributed by atoms with Gasteiger partial charge in [0.15, 0.2) is 0 Å². The number of hydrogen-bond donors (Lipinski definition) is 2. The molecule has 124 valence electrons. The summed E-state index contributed by atoms with van der Waals surface area (Å²) in [4.78, 5) is 27.4. The summed E-state index contributed by atoms with van der Waals surface area (Å²) in [5, 5.41) is 5.65. The van der Waals surface area contributed by atoms with Crippen LogP contribution in [0, 0.1) is 0 Å². The number of hydrogen-bond acceptors (Lipinski definition) is 4. The van der Waals surface area contributed by atoms with Crippen LogP contribution >= 0.6 is 0 Å². The van der Waals surface area contributed by atoms with Crippen molar-refractivity contribution in [1.29, 1.82) is 0 Å². The van der Waals surface area contributed by atoms with Crippen molar-refractivity contribution >= 4 is 11.8 Å². The summed E-state index contributed by atoms with van der Waals surface area (Å²) < 4.78 is 5.77. The summed E-state index contributed by atoms with van der Waals surface area (Å²) in [5.74, 6) is 1.07. The smallest absolute Gasteiger partial charge is 0.224 e. The highest BCUT2D eigenvalue weighted by Gasteiger charge is 2.23.